The number of nitrogens with zero attached hydrogens (tertiary/aromatic N) is 2. The average Bonchev–Trinajstić information content (AvgIpc) is 3.48. The lowest BCUT2D eigenvalue weighted by Gasteiger charge is -2.22. The standard InChI is InChI=1S/C44H36N2/c1-3-45-28-35-29-46(36-18-12-13-30(2)25-36)42-24-22-34(26-40(35)42)33-21-23-39-41(27-33)44(32-16-8-5-9-17-32)38-20-11-10-19-37(38)43(39)31-14-6-4-7-15-31/h3-11,13-17,19-21,23,25-29H,1,12,18,22,24H2,2H3/b45-28-. The molecular weight excluding hydrogens is 556 g/mol. The number of hydrogen-bond donors (Lipinski definition) is 0. The first-order chi connectivity index (χ1) is 22.7. The van der Waals surface area contributed by atoms with E-state index in [0.717, 1.165) is 31.2 Å². The Morgan fingerprint density at radius 1 is 0.674 bits per heavy atom. The van der Waals surface area contributed by atoms with Gasteiger partial charge in [0.2, 0.25) is 0 Å². The van der Waals surface area contributed by atoms with Gasteiger partial charge in [-0.15, -0.1) is 0 Å². The topological polar surface area (TPSA) is 17.3 Å². The van der Waals surface area contributed by atoms with Crippen molar-refractivity contribution in [3.8, 4) is 22.3 Å². The summed E-state index contributed by atoms with van der Waals surface area (Å²) in [6.07, 6.45) is 17.0. The maximum absolute atomic E-state index is 4.44. The molecule has 2 heteroatoms. The molecule has 1 heterocycles. The van der Waals surface area contributed by atoms with Crippen LogP contribution in [0.25, 0.3) is 61.1 Å². The molecule has 0 atom stereocenters. The summed E-state index contributed by atoms with van der Waals surface area (Å²) in [4.78, 5) is 4.44. The van der Waals surface area contributed by atoms with Crippen LogP contribution in [-0.2, 0) is 6.42 Å². The van der Waals surface area contributed by atoms with Gasteiger partial charge in [-0.05, 0) is 106 Å². The lowest BCUT2D eigenvalue weighted by Crippen LogP contribution is -2.07. The molecule has 46 heavy (non-hydrogen) atoms. The fourth-order valence-corrected chi connectivity index (χ4v) is 7.47. The zero-order valence-corrected chi connectivity index (χ0v) is 26.2. The predicted molar refractivity (Wildman–Crippen MR) is 198 cm³/mol. The van der Waals surface area contributed by atoms with Crippen LogP contribution in [0.1, 0.15) is 48.6 Å². The minimum atomic E-state index is 0.986. The normalized spacial score (nSPS) is 14.7. The Labute approximate surface area is 271 Å². The summed E-state index contributed by atoms with van der Waals surface area (Å²) in [6.45, 7) is 6.03. The summed E-state index contributed by atoms with van der Waals surface area (Å²) in [5, 5.41) is 5.13. The van der Waals surface area contributed by atoms with Gasteiger partial charge in [0.1, 0.15) is 0 Å². The van der Waals surface area contributed by atoms with Crippen LogP contribution < -0.4 is 0 Å². The van der Waals surface area contributed by atoms with Crippen molar-refractivity contribution in [2.75, 3.05) is 0 Å². The second-order valence-electron chi connectivity index (χ2n) is 12.4. The Morgan fingerprint density at radius 3 is 2.00 bits per heavy atom. The summed E-state index contributed by atoms with van der Waals surface area (Å²) in [7, 11) is 0. The SMILES string of the molecule is C=C/N=C\c1cn(C2=CC(C)=CCC2)c2c1C=C(c1ccc3c(-c4ccccc4)c4ccccc4c(-c4ccccc4)c3c1)CC2. The summed E-state index contributed by atoms with van der Waals surface area (Å²) in [5.41, 5.74) is 14.2. The molecule has 0 fully saturated rings. The van der Waals surface area contributed by atoms with Crippen LogP contribution in [0.5, 0.6) is 0 Å². The Balaban J connectivity index is 1.36. The molecule has 0 aliphatic heterocycles. The first-order valence-corrected chi connectivity index (χ1v) is 16.3. The van der Waals surface area contributed by atoms with Crippen LogP contribution in [0.4, 0.5) is 0 Å². The zero-order chi connectivity index (χ0) is 31.0. The van der Waals surface area contributed by atoms with Crippen LogP contribution in [0.2, 0.25) is 0 Å². The minimum absolute atomic E-state index is 0.986. The summed E-state index contributed by atoms with van der Waals surface area (Å²) in [5.74, 6) is 0. The van der Waals surface area contributed by atoms with E-state index in [1.165, 1.54) is 77.5 Å². The van der Waals surface area contributed by atoms with E-state index in [-0.39, 0.29) is 0 Å². The number of fused-ring (bicyclic) bond motifs is 3. The summed E-state index contributed by atoms with van der Waals surface area (Å²) >= 11 is 0. The highest BCUT2D eigenvalue weighted by Crippen LogP contribution is 2.45. The van der Waals surface area contributed by atoms with E-state index in [2.05, 4.69) is 151 Å². The molecule has 0 radical (unpaired) electrons. The van der Waals surface area contributed by atoms with Gasteiger partial charge in [-0.25, -0.2) is 0 Å². The minimum Gasteiger partial charge on any atom is -0.323 e. The molecule has 0 N–H and O–H groups in total. The van der Waals surface area contributed by atoms with Gasteiger partial charge < -0.3 is 4.57 Å². The van der Waals surface area contributed by atoms with Crippen LogP contribution >= 0.6 is 0 Å². The van der Waals surface area contributed by atoms with Crippen LogP contribution in [0.15, 0.2) is 145 Å². The van der Waals surface area contributed by atoms with E-state index in [9.17, 15) is 0 Å². The van der Waals surface area contributed by atoms with E-state index in [4.69, 9.17) is 0 Å². The quantitative estimate of drug-likeness (QED) is 0.135. The molecule has 0 saturated heterocycles. The van der Waals surface area contributed by atoms with Crippen molar-refractivity contribution in [1.29, 1.82) is 0 Å². The Morgan fingerprint density at radius 2 is 1.33 bits per heavy atom. The third-order valence-electron chi connectivity index (χ3n) is 9.54. The second kappa shape index (κ2) is 11.8. The molecule has 6 aromatic rings. The van der Waals surface area contributed by atoms with Crippen molar-refractivity contribution < 1.29 is 0 Å². The molecule has 8 rings (SSSR count). The zero-order valence-electron chi connectivity index (χ0n) is 26.2. The maximum atomic E-state index is 4.44. The molecule has 0 saturated carbocycles. The summed E-state index contributed by atoms with van der Waals surface area (Å²) in [6, 6.07) is 37.7. The van der Waals surface area contributed by atoms with Crippen molar-refractivity contribution in [3.05, 3.63) is 162 Å². The molecule has 1 aromatic heterocycles. The largest absolute Gasteiger partial charge is 0.323 e. The number of benzene rings is 5. The fourth-order valence-electron chi connectivity index (χ4n) is 7.47. The highest BCUT2D eigenvalue weighted by atomic mass is 15.0. The molecule has 0 bridgehead atoms. The van der Waals surface area contributed by atoms with Crippen molar-refractivity contribution in [2.24, 2.45) is 4.99 Å². The van der Waals surface area contributed by atoms with E-state index in [1.807, 2.05) is 6.21 Å². The number of rotatable bonds is 6. The van der Waals surface area contributed by atoms with E-state index in [1.54, 1.807) is 6.20 Å². The second-order valence-corrected chi connectivity index (χ2v) is 12.4. The van der Waals surface area contributed by atoms with Gasteiger partial charge in [0.15, 0.2) is 0 Å². The summed E-state index contributed by atoms with van der Waals surface area (Å²) < 4.78 is 2.43. The number of aromatic nitrogens is 1. The first kappa shape index (κ1) is 28.0. The fraction of sp³-hybridized carbons (Fsp3) is 0.114. The highest BCUT2D eigenvalue weighted by Gasteiger charge is 2.23. The molecule has 0 amide bonds. The smallest absolute Gasteiger partial charge is 0.0361 e. The van der Waals surface area contributed by atoms with Crippen molar-refractivity contribution in [2.45, 2.75) is 32.6 Å². The lowest BCUT2D eigenvalue weighted by molar-refractivity contribution is 0.851. The Bertz CT molecular complexity index is 2260. The molecule has 5 aromatic carbocycles. The molecule has 2 nitrogen and oxygen atoms in total. The van der Waals surface area contributed by atoms with Crippen LogP contribution in [0.3, 0.4) is 0 Å². The van der Waals surface area contributed by atoms with Crippen molar-refractivity contribution >= 4 is 45.1 Å². The van der Waals surface area contributed by atoms with E-state index < -0.39 is 0 Å². The molecule has 0 spiro atoms. The highest BCUT2D eigenvalue weighted by molar-refractivity contribution is 6.21. The lowest BCUT2D eigenvalue weighted by atomic mass is 9.83. The Kier molecular flexibility index (Phi) is 7.19. The monoisotopic (exact) mass is 592 g/mol. The van der Waals surface area contributed by atoms with Crippen LogP contribution in [-0.4, -0.2) is 10.8 Å². The first-order valence-electron chi connectivity index (χ1n) is 16.3. The van der Waals surface area contributed by atoms with Gasteiger partial charge in [0.05, 0.1) is 0 Å². The van der Waals surface area contributed by atoms with E-state index >= 15 is 0 Å². The molecular formula is C44H36N2. The number of aliphatic imine (C=N–C) groups is 1. The predicted octanol–water partition coefficient (Wildman–Crippen LogP) is 11.8. The van der Waals surface area contributed by atoms with Crippen LogP contribution in [0, 0.1) is 0 Å². The third-order valence-corrected chi connectivity index (χ3v) is 9.54. The average molecular weight is 593 g/mol. The molecule has 0 unspecified atom stereocenters. The van der Waals surface area contributed by atoms with Gasteiger partial charge in [-0.2, -0.15) is 0 Å². The van der Waals surface area contributed by atoms with Gasteiger partial charge in [0.25, 0.3) is 0 Å². The van der Waals surface area contributed by atoms with Gasteiger partial charge in [0, 0.05) is 41.1 Å². The number of allylic oxidation sites excluding steroid dienone is 5. The molecule has 222 valence electrons. The van der Waals surface area contributed by atoms with Gasteiger partial charge >= 0.3 is 0 Å². The molecule has 2 aliphatic rings. The van der Waals surface area contributed by atoms with Gasteiger partial charge in [-0.1, -0.05) is 115 Å². The molecule has 2 aliphatic carbocycles. The Hall–Kier alpha value is -5.47. The maximum Gasteiger partial charge on any atom is 0.0361 e. The van der Waals surface area contributed by atoms with Crippen molar-refractivity contribution in [1.82, 2.24) is 4.57 Å². The third kappa shape index (κ3) is 4.87. The number of hydrogen-bond acceptors (Lipinski definition) is 1. The van der Waals surface area contributed by atoms with Gasteiger partial charge in [-0.3, -0.25) is 4.99 Å². The van der Waals surface area contributed by atoms with Crippen molar-refractivity contribution in [3.63, 3.8) is 0 Å². The van der Waals surface area contributed by atoms with E-state index in [0.29, 0.717) is 0 Å².